The summed E-state index contributed by atoms with van der Waals surface area (Å²) in [6, 6.07) is 0.207. The summed E-state index contributed by atoms with van der Waals surface area (Å²) < 4.78 is 1.53. The maximum absolute atomic E-state index is 11.7. The van der Waals surface area contributed by atoms with Crippen molar-refractivity contribution in [3.8, 4) is 0 Å². The van der Waals surface area contributed by atoms with E-state index < -0.39 is 0 Å². The molecule has 1 fully saturated rings. The summed E-state index contributed by atoms with van der Waals surface area (Å²) in [6.45, 7) is 4.39. The van der Waals surface area contributed by atoms with E-state index in [2.05, 4.69) is 27.9 Å². The molecule has 1 amide bonds. The van der Waals surface area contributed by atoms with E-state index in [1.54, 1.807) is 12.4 Å². The standard InChI is InChI=1S/C11H19N5O/c1-9(10-3-2-4-12-7-10)14-11(17)8-16-6-5-13-15-16/h5-6,9-10,12H,2-4,7-8H2,1H3,(H,14,17). The molecule has 0 radical (unpaired) electrons. The Labute approximate surface area is 101 Å². The number of carbonyl (C=O) groups excluding carboxylic acids is 1. The molecule has 0 aromatic carbocycles. The minimum absolute atomic E-state index is 0.00595. The Morgan fingerprint density at radius 3 is 3.24 bits per heavy atom. The number of nitrogens with one attached hydrogen (secondary N) is 2. The van der Waals surface area contributed by atoms with Crippen molar-refractivity contribution in [2.45, 2.75) is 32.4 Å². The Bertz CT molecular complexity index is 345. The van der Waals surface area contributed by atoms with Crippen molar-refractivity contribution in [1.82, 2.24) is 25.6 Å². The van der Waals surface area contributed by atoms with Crippen LogP contribution in [0.15, 0.2) is 12.4 Å². The second kappa shape index (κ2) is 5.77. The van der Waals surface area contributed by atoms with E-state index in [0.717, 1.165) is 13.1 Å². The molecule has 1 aromatic rings. The highest BCUT2D eigenvalue weighted by Gasteiger charge is 2.21. The predicted octanol–water partition coefficient (Wildman–Crippen LogP) is -0.218. The molecule has 2 heterocycles. The first-order valence-corrected chi connectivity index (χ1v) is 6.10. The lowest BCUT2D eigenvalue weighted by atomic mass is 9.93. The van der Waals surface area contributed by atoms with Crippen molar-refractivity contribution in [2.24, 2.45) is 5.92 Å². The fourth-order valence-electron chi connectivity index (χ4n) is 2.19. The Hall–Kier alpha value is -1.43. The van der Waals surface area contributed by atoms with Crippen molar-refractivity contribution in [3.63, 3.8) is 0 Å². The highest BCUT2D eigenvalue weighted by molar-refractivity contribution is 5.75. The molecule has 6 nitrogen and oxygen atoms in total. The molecule has 6 heteroatoms. The van der Waals surface area contributed by atoms with Gasteiger partial charge in [0.05, 0.1) is 6.20 Å². The van der Waals surface area contributed by atoms with E-state index in [0.29, 0.717) is 5.92 Å². The van der Waals surface area contributed by atoms with Gasteiger partial charge in [-0.05, 0) is 38.8 Å². The highest BCUT2D eigenvalue weighted by atomic mass is 16.2. The van der Waals surface area contributed by atoms with Crippen LogP contribution in [-0.2, 0) is 11.3 Å². The lowest BCUT2D eigenvalue weighted by Gasteiger charge is -2.28. The van der Waals surface area contributed by atoms with Gasteiger partial charge in [-0.25, -0.2) is 4.68 Å². The topological polar surface area (TPSA) is 71.8 Å². The molecule has 2 atom stereocenters. The van der Waals surface area contributed by atoms with Gasteiger partial charge < -0.3 is 10.6 Å². The molecule has 0 saturated carbocycles. The Morgan fingerprint density at radius 1 is 1.71 bits per heavy atom. The molecule has 1 aliphatic heterocycles. The van der Waals surface area contributed by atoms with Gasteiger partial charge in [-0.1, -0.05) is 5.21 Å². The molecule has 2 unspecified atom stereocenters. The third-order valence-electron chi connectivity index (χ3n) is 3.21. The van der Waals surface area contributed by atoms with Gasteiger partial charge in [0, 0.05) is 12.2 Å². The van der Waals surface area contributed by atoms with Crippen LogP contribution in [0.4, 0.5) is 0 Å². The van der Waals surface area contributed by atoms with E-state index in [9.17, 15) is 4.79 Å². The Kier molecular flexibility index (Phi) is 4.08. The summed E-state index contributed by atoms with van der Waals surface area (Å²) in [5.74, 6) is 0.525. The summed E-state index contributed by atoms with van der Waals surface area (Å²) in [4.78, 5) is 11.7. The number of nitrogens with zero attached hydrogens (tertiary/aromatic N) is 3. The van der Waals surface area contributed by atoms with Gasteiger partial charge >= 0.3 is 0 Å². The predicted molar refractivity (Wildman–Crippen MR) is 63.2 cm³/mol. The summed E-state index contributed by atoms with van der Waals surface area (Å²) in [5.41, 5.74) is 0. The van der Waals surface area contributed by atoms with Crippen LogP contribution in [0.1, 0.15) is 19.8 Å². The van der Waals surface area contributed by atoms with Crippen LogP contribution < -0.4 is 10.6 Å². The fraction of sp³-hybridized carbons (Fsp3) is 0.727. The molecular weight excluding hydrogens is 218 g/mol. The van der Waals surface area contributed by atoms with Crippen molar-refractivity contribution < 1.29 is 4.79 Å². The van der Waals surface area contributed by atoms with Gasteiger partial charge in [-0.15, -0.1) is 5.10 Å². The normalized spacial score (nSPS) is 22.1. The van der Waals surface area contributed by atoms with Gasteiger partial charge in [-0.3, -0.25) is 4.79 Å². The summed E-state index contributed by atoms with van der Waals surface area (Å²) >= 11 is 0. The Balaban J connectivity index is 1.77. The van der Waals surface area contributed by atoms with Crippen molar-refractivity contribution in [2.75, 3.05) is 13.1 Å². The average molecular weight is 237 g/mol. The van der Waals surface area contributed by atoms with E-state index in [-0.39, 0.29) is 18.5 Å². The van der Waals surface area contributed by atoms with Gasteiger partial charge in [0.25, 0.3) is 0 Å². The number of piperidine rings is 1. The molecular formula is C11H19N5O. The highest BCUT2D eigenvalue weighted by Crippen LogP contribution is 2.13. The monoisotopic (exact) mass is 237 g/mol. The minimum Gasteiger partial charge on any atom is -0.352 e. The van der Waals surface area contributed by atoms with Gasteiger partial charge in [-0.2, -0.15) is 0 Å². The minimum atomic E-state index is -0.00595. The van der Waals surface area contributed by atoms with Gasteiger partial charge in [0.1, 0.15) is 6.54 Å². The van der Waals surface area contributed by atoms with E-state index in [4.69, 9.17) is 0 Å². The van der Waals surface area contributed by atoms with Crippen molar-refractivity contribution in [3.05, 3.63) is 12.4 Å². The zero-order valence-corrected chi connectivity index (χ0v) is 10.1. The number of hydrogen-bond donors (Lipinski definition) is 2. The first-order valence-electron chi connectivity index (χ1n) is 6.10. The first kappa shape index (κ1) is 12.0. The Morgan fingerprint density at radius 2 is 2.59 bits per heavy atom. The summed E-state index contributed by atoms with van der Waals surface area (Å²) in [5, 5.41) is 13.8. The molecule has 1 saturated heterocycles. The zero-order valence-electron chi connectivity index (χ0n) is 10.1. The number of hydrogen-bond acceptors (Lipinski definition) is 4. The van der Waals surface area contributed by atoms with Crippen LogP contribution in [0.3, 0.4) is 0 Å². The summed E-state index contributed by atoms with van der Waals surface area (Å²) in [6.07, 6.45) is 5.62. The zero-order chi connectivity index (χ0) is 12.1. The van der Waals surface area contributed by atoms with E-state index >= 15 is 0 Å². The third kappa shape index (κ3) is 3.52. The molecule has 0 bridgehead atoms. The fourth-order valence-corrected chi connectivity index (χ4v) is 2.19. The number of carbonyl (C=O) groups is 1. The molecule has 1 aromatic heterocycles. The molecule has 2 N–H and O–H groups in total. The first-order chi connectivity index (χ1) is 8.25. The molecule has 0 spiro atoms. The van der Waals surface area contributed by atoms with Crippen LogP contribution in [0.25, 0.3) is 0 Å². The van der Waals surface area contributed by atoms with Crippen LogP contribution in [0.2, 0.25) is 0 Å². The number of rotatable bonds is 4. The van der Waals surface area contributed by atoms with Crippen LogP contribution in [0.5, 0.6) is 0 Å². The quantitative estimate of drug-likeness (QED) is 0.759. The maximum atomic E-state index is 11.7. The van der Waals surface area contributed by atoms with E-state index in [1.165, 1.54) is 17.5 Å². The smallest absolute Gasteiger partial charge is 0.242 e. The number of amides is 1. The molecule has 0 aliphatic carbocycles. The van der Waals surface area contributed by atoms with Crippen molar-refractivity contribution >= 4 is 5.91 Å². The van der Waals surface area contributed by atoms with Gasteiger partial charge in [0.15, 0.2) is 0 Å². The molecule has 94 valence electrons. The third-order valence-corrected chi connectivity index (χ3v) is 3.21. The lowest BCUT2D eigenvalue weighted by molar-refractivity contribution is -0.122. The second-order valence-electron chi connectivity index (χ2n) is 4.56. The van der Waals surface area contributed by atoms with Crippen LogP contribution >= 0.6 is 0 Å². The van der Waals surface area contributed by atoms with E-state index in [1.807, 2.05) is 0 Å². The maximum Gasteiger partial charge on any atom is 0.242 e. The second-order valence-corrected chi connectivity index (χ2v) is 4.56. The molecule has 2 rings (SSSR count). The lowest BCUT2D eigenvalue weighted by Crippen LogP contribution is -2.45. The molecule has 17 heavy (non-hydrogen) atoms. The largest absolute Gasteiger partial charge is 0.352 e. The van der Waals surface area contributed by atoms with Crippen LogP contribution in [0, 0.1) is 5.92 Å². The van der Waals surface area contributed by atoms with Gasteiger partial charge in [0.2, 0.25) is 5.91 Å². The average Bonchev–Trinajstić information content (AvgIpc) is 2.82. The van der Waals surface area contributed by atoms with Crippen LogP contribution in [-0.4, -0.2) is 40.0 Å². The molecule has 1 aliphatic rings. The van der Waals surface area contributed by atoms with Crippen molar-refractivity contribution in [1.29, 1.82) is 0 Å². The summed E-state index contributed by atoms with van der Waals surface area (Å²) in [7, 11) is 0. The number of aromatic nitrogens is 3. The SMILES string of the molecule is CC(NC(=O)Cn1ccnn1)C1CCCNC1.